The lowest BCUT2D eigenvalue weighted by Crippen LogP contribution is -2.65. The van der Waals surface area contributed by atoms with Crippen LogP contribution in [0.1, 0.15) is 234 Å². The van der Waals surface area contributed by atoms with Gasteiger partial charge in [0.25, 0.3) is 0 Å². The molecule has 1 aliphatic heterocycles. The zero-order chi connectivity index (χ0) is 92.7. The summed E-state index contributed by atoms with van der Waals surface area (Å²) in [7, 11) is 0. The van der Waals surface area contributed by atoms with E-state index in [0.29, 0.717) is 56.9 Å². The molecule has 2 aromatic rings. The number of primary amides is 2. The average molecular weight is 1750 g/mol. The van der Waals surface area contributed by atoms with Crippen LogP contribution in [0.25, 0.3) is 0 Å². The van der Waals surface area contributed by atoms with E-state index in [2.05, 4.69) is 74.4 Å². The first-order chi connectivity index (χ1) is 58.4. The van der Waals surface area contributed by atoms with Crippen molar-refractivity contribution in [1.29, 1.82) is 0 Å². The van der Waals surface area contributed by atoms with E-state index in [1.807, 2.05) is 13.0 Å². The molecule has 2 aromatic carbocycles. The summed E-state index contributed by atoms with van der Waals surface area (Å²) < 4.78 is 29.5. The van der Waals surface area contributed by atoms with Crippen molar-refractivity contribution in [2.75, 3.05) is 6.61 Å². The molecule has 0 saturated heterocycles. The number of nitrogens with one attached hydrogen (secondary N) is 14. The van der Waals surface area contributed by atoms with Crippen LogP contribution in [0.5, 0.6) is 5.75 Å². The van der Waals surface area contributed by atoms with Gasteiger partial charge in [0.1, 0.15) is 89.3 Å². The van der Waals surface area contributed by atoms with Gasteiger partial charge in [0, 0.05) is 32.6 Å². The predicted octanol–water partition coefficient (Wildman–Crippen LogP) is 0.769. The first-order valence-corrected chi connectivity index (χ1v) is 42.6. The summed E-state index contributed by atoms with van der Waals surface area (Å²) in [5.41, 5.74) is 6.91. The Balaban J connectivity index is 1.92. The van der Waals surface area contributed by atoms with Crippen LogP contribution >= 0.6 is 0 Å². The Kier molecular flexibility index (Phi) is 44.4. The van der Waals surface area contributed by atoms with E-state index in [1.165, 1.54) is 72.7 Å². The number of aliphatic hydroxyl groups is 2. The fourth-order valence-electron chi connectivity index (χ4n) is 13.9. The average Bonchev–Trinajstić information content (AvgIpc) is 0.820. The number of halogens is 2. The third-order valence-electron chi connectivity index (χ3n) is 21.7. The maximum Gasteiger partial charge on any atom is 0.303 e. The molecule has 2 aliphatic rings. The number of hydrogen-bond acceptors (Lipinski definition) is 20. The molecule has 0 spiro atoms. The van der Waals surface area contributed by atoms with Crippen molar-refractivity contribution in [2.45, 2.75) is 326 Å². The Hall–Kier alpha value is -11.3. The van der Waals surface area contributed by atoms with E-state index in [-0.39, 0.29) is 80.9 Å². The molecule has 0 radical (unpaired) electrons. The molecule has 15 atom stereocenters. The fourth-order valence-corrected chi connectivity index (χ4v) is 13.9. The number of nitrogens with two attached hydrogens (primary N) is 2. The maximum atomic E-state index is 15.4. The number of phenolic OH excluding ortho intramolecular Hbond substituents is 1. The third kappa shape index (κ3) is 36.7. The van der Waals surface area contributed by atoms with Crippen molar-refractivity contribution in [3.8, 4) is 5.75 Å². The van der Waals surface area contributed by atoms with Crippen molar-refractivity contribution < 1.29 is 111 Å². The van der Waals surface area contributed by atoms with Crippen molar-refractivity contribution in [2.24, 2.45) is 23.3 Å². The van der Waals surface area contributed by atoms with Crippen LogP contribution in [0.3, 0.4) is 0 Å². The van der Waals surface area contributed by atoms with Gasteiger partial charge >= 0.3 is 5.97 Å². The zero-order valence-corrected chi connectivity index (χ0v) is 72.6. The van der Waals surface area contributed by atoms with Gasteiger partial charge in [-0.3, -0.25) is 81.5 Å². The Morgan fingerprint density at radius 3 is 1.69 bits per heavy atom. The van der Waals surface area contributed by atoms with E-state index >= 15 is 28.4 Å². The van der Waals surface area contributed by atoms with Gasteiger partial charge in [0.05, 0.1) is 12.7 Å². The van der Waals surface area contributed by atoms with Gasteiger partial charge in [-0.15, -0.1) is 0 Å². The molecule has 0 bridgehead atoms. The van der Waals surface area contributed by atoms with Gasteiger partial charge in [-0.2, -0.15) is 0 Å². The van der Waals surface area contributed by atoms with Crippen molar-refractivity contribution in [1.82, 2.24) is 74.4 Å². The minimum Gasteiger partial charge on any atom is -0.508 e. The largest absolute Gasteiger partial charge is 0.508 e. The summed E-state index contributed by atoms with van der Waals surface area (Å²) in [5, 5.41) is 77.6. The second-order valence-electron chi connectivity index (χ2n) is 33.2. The number of unbranched alkanes of at least 4 members (excludes halogenated alkanes) is 4. The number of aliphatic carboxylic acids is 1. The standard InChI is InChI=1S/C85H130F2N16O21/c1-11-12-13-19-22-28-59(95-81(122)69(51(7)105)101-77(118)62(41-47(2)3)93-52(8)106)79(120)102-84(9)39-23-20-17-15-14-16-18-21-24-40-85(10,83(124)100-66(46-104)78(119)92-49(5)71(112)90-48(4)70(89)111)103-80(121)65(45-55-31-34-57(86)58(87)42-55)98-73(114)60(35-37-67(88)108)94-72(113)50(6)91-75(116)63(43-53-26-25-27-53)97-76(117)64(44-54-29-32-56(107)33-30-54)96-74(115)61(99-82(84)123)36-38-68(109)110/h16,18,29-34,42,47-51,53,59-66,69,104-105,107H,11-15,17,19-28,35-41,43-46H2,1-10H3,(H2,88,108)(H2,89,111)(H,90,112)(H,91,116)(H,92,119)(H,93,106)(H,94,113)(H,95,122)(H,96,115)(H,97,117)(H,98,114)(H,99,123)(H,100,124)(H,101,118)(H,102,120)(H,103,121)(H,109,110)/t48-,49-,50-,51+,59-,60-,61-,62-,63-,64-,65-,66-,69-,84+,85?/m0/s1. The summed E-state index contributed by atoms with van der Waals surface area (Å²) in [6, 6.07) is -10.9. The predicted molar refractivity (Wildman–Crippen MR) is 450 cm³/mol. The zero-order valence-electron chi connectivity index (χ0n) is 72.6. The van der Waals surface area contributed by atoms with Crippen molar-refractivity contribution >= 4 is 100 Å². The van der Waals surface area contributed by atoms with Crippen LogP contribution in [0, 0.1) is 23.5 Å². The SMILES string of the molecule is CCCCCCC[C@H](NC(=O)[C@@H](NC(=O)[C@H](CC(C)C)NC(C)=O)[C@@H](C)O)C(=O)N[C@]1(C)CCCCCCC=CCCCC(C)(C(=O)N[C@@H](CO)C(=O)N[C@@H](C)C(=O)N[C@@H](C)C(N)=O)NC(=O)[C@H](Cc2ccc(F)c(F)c2)NC(=O)[C@H](CCC(N)=O)NC(=O)[C@H](C)NC(=O)[C@H](CC2CCC2)NC(=O)[C@H](Cc2ccc(O)cc2)NC(=O)[C@H](CCC(=O)O)NC1=O. The minimum absolute atomic E-state index is 0.0346. The number of phenols is 1. The van der Waals surface area contributed by atoms with Crippen LogP contribution in [0.2, 0.25) is 0 Å². The molecular formula is C85H130F2N16O21. The topological polar surface area (TPSA) is 592 Å². The number of aromatic hydroxyl groups is 1. The number of allylic oxidation sites excluding steroid dienone is 2. The number of benzene rings is 2. The van der Waals surface area contributed by atoms with Crippen LogP contribution in [-0.4, -0.2) is 217 Å². The van der Waals surface area contributed by atoms with Crippen LogP contribution in [-0.2, 0) is 94.3 Å². The number of aliphatic hydroxyl groups excluding tert-OH is 2. The highest BCUT2D eigenvalue weighted by Gasteiger charge is 2.44. The molecule has 1 aliphatic carbocycles. The molecule has 0 aromatic heterocycles. The number of hydrogen-bond donors (Lipinski definition) is 20. The fraction of sp³-hybridized carbons (Fsp3) is 0.635. The molecule has 690 valence electrons. The summed E-state index contributed by atoms with van der Waals surface area (Å²) in [5.74, 6) is -20.4. The lowest BCUT2D eigenvalue weighted by Gasteiger charge is -2.34. The van der Waals surface area contributed by atoms with Crippen LogP contribution in [0.4, 0.5) is 8.78 Å². The second-order valence-corrected chi connectivity index (χ2v) is 33.2. The number of carboxylic acid groups (broad SMARTS) is 1. The highest BCUT2D eigenvalue weighted by Crippen LogP contribution is 2.31. The van der Waals surface area contributed by atoms with Gasteiger partial charge in [-0.05, 0) is 159 Å². The number of carboxylic acids is 1. The Labute approximate surface area is 721 Å². The van der Waals surface area contributed by atoms with Gasteiger partial charge in [-0.1, -0.05) is 122 Å². The molecule has 1 fully saturated rings. The molecule has 37 nitrogen and oxygen atoms in total. The molecule has 1 heterocycles. The van der Waals surface area contributed by atoms with E-state index in [4.69, 9.17) is 11.5 Å². The lowest BCUT2D eigenvalue weighted by atomic mass is 9.80. The van der Waals surface area contributed by atoms with Crippen molar-refractivity contribution in [3.05, 3.63) is 77.4 Å². The molecule has 39 heteroatoms. The summed E-state index contributed by atoms with van der Waals surface area (Å²) in [4.78, 5) is 238. The van der Waals surface area contributed by atoms with E-state index in [1.54, 1.807) is 19.9 Å². The molecule has 124 heavy (non-hydrogen) atoms. The minimum atomic E-state index is -2.13. The lowest BCUT2D eigenvalue weighted by molar-refractivity contribution is -0.140. The molecule has 1 unspecified atom stereocenters. The highest BCUT2D eigenvalue weighted by molar-refractivity contribution is 6.02. The number of carbonyl (C=O) groups is 17. The smallest absolute Gasteiger partial charge is 0.303 e. The number of carbonyl (C=O) groups excluding carboxylic acids is 16. The summed E-state index contributed by atoms with van der Waals surface area (Å²) in [6.45, 7) is 13.3. The van der Waals surface area contributed by atoms with Crippen LogP contribution in [0.15, 0.2) is 54.6 Å². The van der Waals surface area contributed by atoms with E-state index in [9.17, 15) is 82.4 Å². The molecule has 1 saturated carbocycles. The molecule has 16 amide bonds. The quantitative estimate of drug-likeness (QED) is 0.0331. The molecular weight excluding hydrogens is 1620 g/mol. The van der Waals surface area contributed by atoms with Gasteiger partial charge in [0.15, 0.2) is 11.6 Å². The third-order valence-corrected chi connectivity index (χ3v) is 21.7. The molecule has 22 N–H and O–H groups in total. The summed E-state index contributed by atoms with van der Waals surface area (Å²) >= 11 is 0. The van der Waals surface area contributed by atoms with Crippen molar-refractivity contribution in [3.63, 3.8) is 0 Å². The van der Waals surface area contributed by atoms with Gasteiger partial charge < -0.3 is 106 Å². The maximum absolute atomic E-state index is 15.4. The van der Waals surface area contributed by atoms with Gasteiger partial charge in [-0.25, -0.2) is 8.78 Å². The Morgan fingerprint density at radius 2 is 1.11 bits per heavy atom. The molecule has 4 rings (SSSR count). The monoisotopic (exact) mass is 1750 g/mol. The highest BCUT2D eigenvalue weighted by atomic mass is 19.2. The Bertz CT molecular complexity index is 4040. The van der Waals surface area contributed by atoms with E-state index in [0.717, 1.165) is 43.9 Å². The first kappa shape index (κ1) is 105. The summed E-state index contributed by atoms with van der Waals surface area (Å²) in [6.07, 6.45) is 5.60. The Morgan fingerprint density at radius 1 is 0.556 bits per heavy atom. The number of amides is 16. The second kappa shape index (κ2) is 52.4. The van der Waals surface area contributed by atoms with Gasteiger partial charge in [0.2, 0.25) is 94.5 Å². The first-order valence-electron chi connectivity index (χ1n) is 42.6. The van der Waals surface area contributed by atoms with E-state index < -0.39 is 241 Å². The van der Waals surface area contributed by atoms with Crippen LogP contribution < -0.4 is 85.9 Å². The number of rotatable bonds is 36. The normalized spacial score (nSPS) is 22.8.